The van der Waals surface area contributed by atoms with Crippen LogP contribution in [0.1, 0.15) is 5.56 Å². The summed E-state index contributed by atoms with van der Waals surface area (Å²) in [5.74, 6) is -0.499. The van der Waals surface area contributed by atoms with Crippen LogP contribution < -0.4 is 20.3 Å². The standard InChI is InChI=1S/C27H30N6O7S2/c34-27(31-35)25(32-15-13-28-18-26(32)41(36,37)22-6-2-1-3-7-22)17-30-42(38,39)23-11-9-21(10-12-23)40-19-20-16-29-33-14-5-4-8-24(20)33/h1-12,14,16,25-26,28,30,35H,13,15,17-19H2,(H,31,34). The van der Waals surface area contributed by atoms with Gasteiger partial charge in [-0.15, -0.1) is 0 Å². The maximum Gasteiger partial charge on any atom is 0.262 e. The quantitative estimate of drug-likeness (QED) is 0.140. The molecule has 0 bridgehead atoms. The van der Waals surface area contributed by atoms with Gasteiger partial charge < -0.3 is 10.1 Å². The number of nitrogens with zero attached hydrogens (tertiary/aromatic N) is 3. The Morgan fingerprint density at radius 2 is 1.76 bits per heavy atom. The average Bonchev–Trinajstić information content (AvgIpc) is 3.44. The summed E-state index contributed by atoms with van der Waals surface area (Å²) >= 11 is 0. The number of hydrogen-bond acceptors (Lipinski definition) is 10. The summed E-state index contributed by atoms with van der Waals surface area (Å²) in [6.45, 7) is 0.237. The van der Waals surface area contributed by atoms with Gasteiger partial charge in [-0.25, -0.2) is 31.6 Å². The fraction of sp³-hybridized carbons (Fsp3) is 0.259. The number of hydrogen-bond donors (Lipinski definition) is 4. The molecule has 2 aromatic heterocycles. The number of benzene rings is 2. The van der Waals surface area contributed by atoms with Gasteiger partial charge in [-0.05, 0) is 48.5 Å². The highest BCUT2D eigenvalue weighted by molar-refractivity contribution is 7.92. The van der Waals surface area contributed by atoms with Gasteiger partial charge in [-0.2, -0.15) is 5.10 Å². The van der Waals surface area contributed by atoms with Gasteiger partial charge in [0.15, 0.2) is 9.84 Å². The molecule has 1 aliphatic heterocycles. The van der Waals surface area contributed by atoms with Gasteiger partial charge >= 0.3 is 0 Å². The lowest BCUT2D eigenvalue weighted by Gasteiger charge is -2.39. The molecule has 1 amide bonds. The van der Waals surface area contributed by atoms with Gasteiger partial charge in [0.25, 0.3) is 5.91 Å². The zero-order valence-electron chi connectivity index (χ0n) is 22.3. The molecule has 0 spiro atoms. The molecule has 15 heteroatoms. The van der Waals surface area contributed by atoms with Crippen molar-refractivity contribution in [3.05, 3.63) is 90.8 Å². The Labute approximate surface area is 243 Å². The van der Waals surface area contributed by atoms with Gasteiger partial charge in [0.1, 0.15) is 23.8 Å². The summed E-state index contributed by atoms with van der Waals surface area (Å²) in [5, 5.41) is 15.5. The van der Waals surface area contributed by atoms with Gasteiger partial charge in [0.05, 0.1) is 21.5 Å². The largest absolute Gasteiger partial charge is 0.489 e. The zero-order valence-corrected chi connectivity index (χ0v) is 24.0. The van der Waals surface area contributed by atoms with Crippen molar-refractivity contribution in [2.75, 3.05) is 26.2 Å². The van der Waals surface area contributed by atoms with Crippen LogP contribution in [0.15, 0.2) is 95.0 Å². The van der Waals surface area contributed by atoms with Crippen LogP contribution in [0.2, 0.25) is 0 Å². The monoisotopic (exact) mass is 614 g/mol. The van der Waals surface area contributed by atoms with E-state index < -0.39 is 43.7 Å². The molecule has 13 nitrogen and oxygen atoms in total. The van der Waals surface area contributed by atoms with Crippen LogP contribution in [-0.4, -0.2) is 80.1 Å². The first-order valence-corrected chi connectivity index (χ1v) is 16.1. The molecule has 4 aromatic rings. The van der Waals surface area contributed by atoms with Gasteiger partial charge in [-0.1, -0.05) is 24.3 Å². The van der Waals surface area contributed by atoms with E-state index in [9.17, 15) is 26.8 Å². The molecule has 3 heterocycles. The first-order chi connectivity index (χ1) is 20.2. The second-order valence-electron chi connectivity index (χ2n) is 9.56. The Balaban J connectivity index is 1.28. The average molecular weight is 615 g/mol. The SMILES string of the molecule is O=C(NO)C(CNS(=O)(=O)c1ccc(OCc2cnn3ccccc23)cc1)N1CCNCC1S(=O)(=O)c1ccccc1. The number of carbonyl (C=O) groups is 1. The minimum atomic E-state index is -4.12. The first-order valence-electron chi connectivity index (χ1n) is 13.0. The van der Waals surface area contributed by atoms with Crippen LogP contribution in [0, 0.1) is 0 Å². The highest BCUT2D eigenvalue weighted by atomic mass is 32.2. The molecule has 4 N–H and O–H groups in total. The third-order valence-electron chi connectivity index (χ3n) is 6.98. The molecule has 0 saturated carbocycles. The highest BCUT2D eigenvalue weighted by Gasteiger charge is 2.41. The van der Waals surface area contributed by atoms with Gasteiger partial charge in [0.2, 0.25) is 10.0 Å². The molecule has 1 aliphatic rings. The molecule has 42 heavy (non-hydrogen) atoms. The van der Waals surface area contributed by atoms with E-state index in [0.717, 1.165) is 11.1 Å². The lowest BCUT2D eigenvalue weighted by Crippen LogP contribution is -2.63. The normalized spacial score (nSPS) is 17.1. The molecular formula is C27H30N6O7S2. The Bertz CT molecular complexity index is 1750. The second-order valence-corrected chi connectivity index (χ2v) is 13.4. The van der Waals surface area contributed by atoms with E-state index in [4.69, 9.17) is 4.74 Å². The number of sulfonamides is 1. The van der Waals surface area contributed by atoms with E-state index >= 15 is 0 Å². The van der Waals surface area contributed by atoms with Crippen molar-refractivity contribution in [2.24, 2.45) is 0 Å². The van der Waals surface area contributed by atoms with Crippen LogP contribution in [-0.2, 0) is 31.3 Å². The van der Waals surface area contributed by atoms with Gasteiger partial charge in [0, 0.05) is 37.9 Å². The highest BCUT2D eigenvalue weighted by Crippen LogP contribution is 2.23. The van der Waals surface area contributed by atoms with Crippen LogP contribution in [0.4, 0.5) is 0 Å². The molecule has 2 atom stereocenters. The molecule has 1 saturated heterocycles. The molecule has 0 aliphatic carbocycles. The minimum Gasteiger partial charge on any atom is -0.489 e. The van der Waals surface area contributed by atoms with Crippen LogP contribution >= 0.6 is 0 Å². The molecule has 5 rings (SSSR count). The minimum absolute atomic E-state index is 0.00984. The third kappa shape index (κ3) is 6.30. The molecule has 2 aromatic carbocycles. The van der Waals surface area contributed by atoms with E-state index in [2.05, 4.69) is 15.1 Å². The lowest BCUT2D eigenvalue weighted by molar-refractivity contribution is -0.135. The summed E-state index contributed by atoms with van der Waals surface area (Å²) < 4.78 is 63.0. The number of rotatable bonds is 11. The van der Waals surface area contributed by atoms with Crippen molar-refractivity contribution in [1.82, 2.24) is 30.0 Å². The van der Waals surface area contributed by atoms with Crippen LogP contribution in [0.5, 0.6) is 5.75 Å². The maximum absolute atomic E-state index is 13.4. The van der Waals surface area contributed by atoms with E-state index in [-0.39, 0.29) is 29.5 Å². The summed E-state index contributed by atoms with van der Waals surface area (Å²) in [4.78, 5) is 14.1. The fourth-order valence-corrected chi connectivity index (χ4v) is 7.62. The Morgan fingerprint density at radius 3 is 2.50 bits per heavy atom. The van der Waals surface area contributed by atoms with Crippen molar-refractivity contribution >= 4 is 31.3 Å². The molecular weight excluding hydrogens is 584 g/mol. The number of nitrogens with one attached hydrogen (secondary N) is 3. The number of amides is 1. The third-order valence-corrected chi connectivity index (χ3v) is 10.5. The predicted octanol–water partition coefficient (Wildman–Crippen LogP) is 0.771. The van der Waals surface area contributed by atoms with Crippen molar-refractivity contribution in [2.45, 2.75) is 27.8 Å². The number of aromatic nitrogens is 2. The number of hydroxylamine groups is 1. The first kappa shape index (κ1) is 29.6. The number of carbonyl (C=O) groups excluding carboxylic acids is 1. The number of sulfone groups is 1. The maximum atomic E-state index is 13.4. The second kappa shape index (κ2) is 12.6. The van der Waals surface area contributed by atoms with E-state index in [1.807, 2.05) is 24.4 Å². The Morgan fingerprint density at radius 1 is 1.02 bits per heavy atom. The molecule has 1 fully saturated rings. The topological polar surface area (TPSA) is 171 Å². The predicted molar refractivity (Wildman–Crippen MR) is 152 cm³/mol. The Hall–Kier alpha value is -3.86. The summed E-state index contributed by atoms with van der Waals surface area (Å²) in [7, 11) is -8.05. The van der Waals surface area contributed by atoms with Gasteiger partial charge in [-0.3, -0.25) is 14.9 Å². The number of fused-ring (bicyclic) bond motifs is 1. The van der Waals surface area contributed by atoms with Crippen LogP contribution in [0.3, 0.4) is 0 Å². The van der Waals surface area contributed by atoms with E-state index in [1.54, 1.807) is 34.4 Å². The molecule has 0 radical (unpaired) electrons. The zero-order chi connectivity index (χ0) is 29.7. The van der Waals surface area contributed by atoms with Crippen molar-refractivity contribution < 1.29 is 31.6 Å². The van der Waals surface area contributed by atoms with E-state index in [1.165, 1.54) is 41.3 Å². The lowest BCUT2D eigenvalue weighted by atomic mass is 10.2. The number of ether oxygens (including phenoxy) is 1. The van der Waals surface area contributed by atoms with E-state index in [0.29, 0.717) is 12.3 Å². The van der Waals surface area contributed by atoms with Crippen molar-refractivity contribution in [3.8, 4) is 5.75 Å². The Kier molecular flexibility index (Phi) is 8.86. The van der Waals surface area contributed by atoms with Crippen molar-refractivity contribution in [3.63, 3.8) is 0 Å². The summed E-state index contributed by atoms with van der Waals surface area (Å²) in [6, 6.07) is 17.9. The van der Waals surface area contributed by atoms with Crippen LogP contribution in [0.25, 0.3) is 5.52 Å². The number of pyridine rings is 1. The smallest absolute Gasteiger partial charge is 0.262 e. The number of piperazine rings is 1. The summed E-state index contributed by atoms with van der Waals surface area (Å²) in [5.41, 5.74) is 3.30. The summed E-state index contributed by atoms with van der Waals surface area (Å²) in [6.07, 6.45) is 3.52. The molecule has 2 unspecified atom stereocenters. The van der Waals surface area contributed by atoms with Crippen molar-refractivity contribution in [1.29, 1.82) is 0 Å². The fourth-order valence-electron chi connectivity index (χ4n) is 4.79. The molecule has 222 valence electrons.